The van der Waals surface area contributed by atoms with Crippen molar-refractivity contribution in [2.45, 2.75) is 38.0 Å². The predicted molar refractivity (Wildman–Crippen MR) is 101 cm³/mol. The van der Waals surface area contributed by atoms with Gasteiger partial charge in [-0.05, 0) is 36.8 Å². The Morgan fingerprint density at radius 2 is 1.55 bits per heavy atom. The highest BCUT2D eigenvalue weighted by molar-refractivity contribution is 5.94. The van der Waals surface area contributed by atoms with Crippen LogP contribution in [0, 0.1) is 11.3 Å². The van der Waals surface area contributed by atoms with Gasteiger partial charge in [0.2, 0.25) is 11.8 Å². The van der Waals surface area contributed by atoms with Gasteiger partial charge in [0, 0.05) is 32.6 Å². The van der Waals surface area contributed by atoms with Crippen LogP contribution in [0.2, 0.25) is 0 Å². The second-order valence-electron chi connectivity index (χ2n) is 8.45. The highest BCUT2D eigenvalue weighted by Gasteiger charge is 2.58. The molecule has 33 heavy (non-hydrogen) atoms. The lowest BCUT2D eigenvalue weighted by Gasteiger charge is -2.39. The van der Waals surface area contributed by atoms with Crippen molar-refractivity contribution >= 4 is 17.7 Å². The molecule has 0 atom stereocenters. The van der Waals surface area contributed by atoms with E-state index in [4.69, 9.17) is 4.42 Å². The number of piperidine rings is 1. The van der Waals surface area contributed by atoms with Gasteiger partial charge < -0.3 is 19.5 Å². The second kappa shape index (κ2) is 9.26. The number of carbonyl (C=O) groups excluding carboxylic acids is 3. The molecule has 13 heteroatoms. The van der Waals surface area contributed by atoms with Gasteiger partial charge in [0.15, 0.2) is 11.7 Å². The summed E-state index contributed by atoms with van der Waals surface area (Å²) in [6, 6.07) is 2.98. The standard InChI is InChI=1S/C20H23F6N3O4/c21-19(22,23)14(20(24,25)26)10-15(30)29-8-5-18(12-29)3-6-28(7-4-18)16(31)11-27-17(32)13-2-1-9-33-13/h1-2,9,14H,3-8,10-12H2,(H,27,32). The largest absolute Gasteiger partial charge is 0.459 e. The van der Waals surface area contributed by atoms with Gasteiger partial charge in [-0.15, -0.1) is 0 Å². The Labute approximate surface area is 185 Å². The fraction of sp³-hybridized carbons (Fsp3) is 0.650. The summed E-state index contributed by atoms with van der Waals surface area (Å²) in [5.41, 5.74) is -0.449. The summed E-state index contributed by atoms with van der Waals surface area (Å²) in [7, 11) is 0. The monoisotopic (exact) mass is 483 g/mol. The van der Waals surface area contributed by atoms with Crippen LogP contribution in [0.1, 0.15) is 36.2 Å². The molecule has 0 radical (unpaired) electrons. The van der Waals surface area contributed by atoms with Crippen LogP contribution in [-0.2, 0) is 9.59 Å². The van der Waals surface area contributed by atoms with Gasteiger partial charge in [-0.2, -0.15) is 26.3 Å². The number of nitrogens with zero attached hydrogens (tertiary/aromatic N) is 2. The van der Waals surface area contributed by atoms with E-state index in [0.717, 1.165) is 4.90 Å². The number of nitrogens with one attached hydrogen (secondary N) is 1. The minimum Gasteiger partial charge on any atom is -0.459 e. The Hall–Kier alpha value is -2.73. The maximum absolute atomic E-state index is 12.8. The first-order valence-corrected chi connectivity index (χ1v) is 10.3. The Balaban J connectivity index is 1.48. The maximum atomic E-state index is 12.8. The molecule has 2 saturated heterocycles. The van der Waals surface area contributed by atoms with E-state index in [9.17, 15) is 40.7 Å². The molecule has 0 aromatic carbocycles. The molecule has 2 aliphatic heterocycles. The molecule has 0 bridgehead atoms. The lowest BCUT2D eigenvalue weighted by Crippen LogP contribution is -2.48. The van der Waals surface area contributed by atoms with Crippen LogP contribution in [0.4, 0.5) is 26.3 Å². The molecule has 3 amide bonds. The fourth-order valence-electron chi connectivity index (χ4n) is 4.27. The molecule has 3 rings (SSSR count). The first-order valence-electron chi connectivity index (χ1n) is 10.3. The third-order valence-electron chi connectivity index (χ3n) is 6.28. The molecule has 2 fully saturated rings. The van der Waals surface area contributed by atoms with Crippen LogP contribution in [0.25, 0.3) is 0 Å². The lowest BCUT2D eigenvalue weighted by atomic mass is 9.78. The van der Waals surface area contributed by atoms with E-state index in [1.807, 2.05) is 0 Å². The number of hydrogen-bond donors (Lipinski definition) is 1. The smallest absolute Gasteiger partial charge is 0.400 e. The molecule has 1 aromatic heterocycles. The van der Waals surface area contributed by atoms with E-state index in [1.54, 1.807) is 0 Å². The summed E-state index contributed by atoms with van der Waals surface area (Å²) in [6.45, 7) is 0.518. The van der Waals surface area contributed by atoms with Gasteiger partial charge in [0.25, 0.3) is 5.91 Å². The first kappa shape index (κ1) is 24.9. The molecule has 1 N–H and O–H groups in total. The van der Waals surface area contributed by atoms with Crippen molar-refractivity contribution in [3.8, 4) is 0 Å². The van der Waals surface area contributed by atoms with E-state index < -0.39 is 41.9 Å². The summed E-state index contributed by atoms with van der Waals surface area (Å²) >= 11 is 0. The van der Waals surface area contributed by atoms with Crippen molar-refractivity contribution in [2.24, 2.45) is 11.3 Å². The van der Waals surface area contributed by atoms with Crippen LogP contribution in [0.5, 0.6) is 0 Å². The van der Waals surface area contributed by atoms with Gasteiger partial charge in [0.05, 0.1) is 12.8 Å². The second-order valence-corrected chi connectivity index (χ2v) is 8.45. The Morgan fingerprint density at radius 1 is 0.970 bits per heavy atom. The molecule has 7 nitrogen and oxygen atoms in total. The number of furan rings is 1. The average molecular weight is 483 g/mol. The highest BCUT2D eigenvalue weighted by atomic mass is 19.4. The molecule has 0 saturated carbocycles. The van der Waals surface area contributed by atoms with Crippen molar-refractivity contribution in [3.63, 3.8) is 0 Å². The van der Waals surface area contributed by atoms with Crippen LogP contribution >= 0.6 is 0 Å². The van der Waals surface area contributed by atoms with Crippen molar-refractivity contribution in [1.29, 1.82) is 0 Å². The zero-order valence-electron chi connectivity index (χ0n) is 17.5. The topological polar surface area (TPSA) is 82.9 Å². The van der Waals surface area contributed by atoms with E-state index in [-0.39, 0.29) is 31.3 Å². The average Bonchev–Trinajstić information content (AvgIpc) is 3.39. The summed E-state index contributed by atoms with van der Waals surface area (Å²) < 4.78 is 81.5. The molecular formula is C20H23F6N3O4. The normalized spacial score (nSPS) is 18.8. The molecular weight excluding hydrogens is 460 g/mol. The molecule has 3 heterocycles. The fourth-order valence-corrected chi connectivity index (χ4v) is 4.27. The predicted octanol–water partition coefficient (Wildman–Crippen LogP) is 2.98. The Morgan fingerprint density at radius 3 is 2.06 bits per heavy atom. The van der Waals surface area contributed by atoms with Crippen LogP contribution in [-0.4, -0.2) is 72.6 Å². The van der Waals surface area contributed by atoms with Crippen molar-refractivity contribution in [1.82, 2.24) is 15.1 Å². The lowest BCUT2D eigenvalue weighted by molar-refractivity contribution is -0.284. The number of hydrogen-bond acceptors (Lipinski definition) is 4. The van der Waals surface area contributed by atoms with Gasteiger partial charge in [-0.25, -0.2) is 0 Å². The van der Waals surface area contributed by atoms with Gasteiger partial charge in [0.1, 0.15) is 0 Å². The quantitative estimate of drug-likeness (QED) is 0.653. The minimum absolute atomic E-state index is 0.0610. The summed E-state index contributed by atoms with van der Waals surface area (Å²) in [5.74, 6) is -5.67. The molecule has 184 valence electrons. The number of amides is 3. The third-order valence-corrected chi connectivity index (χ3v) is 6.28. The van der Waals surface area contributed by atoms with E-state index >= 15 is 0 Å². The Kier molecular flexibility index (Phi) is 6.99. The molecule has 2 aliphatic rings. The number of alkyl halides is 6. The van der Waals surface area contributed by atoms with Crippen molar-refractivity contribution < 1.29 is 45.1 Å². The number of likely N-dealkylation sites (tertiary alicyclic amines) is 2. The molecule has 1 aromatic rings. The summed E-state index contributed by atoms with van der Waals surface area (Å²) in [5, 5.41) is 2.45. The van der Waals surface area contributed by atoms with Crippen LogP contribution in [0.15, 0.2) is 22.8 Å². The molecule has 0 aliphatic carbocycles. The molecule has 0 unspecified atom stereocenters. The minimum atomic E-state index is -5.55. The molecule has 1 spiro atoms. The summed E-state index contributed by atoms with van der Waals surface area (Å²) in [6.07, 6.45) is -10.1. The van der Waals surface area contributed by atoms with E-state index in [1.165, 1.54) is 23.3 Å². The number of rotatable bonds is 5. The zero-order chi connectivity index (χ0) is 24.4. The van der Waals surface area contributed by atoms with E-state index in [0.29, 0.717) is 32.4 Å². The number of carbonyl (C=O) groups is 3. The maximum Gasteiger partial charge on any atom is 0.400 e. The van der Waals surface area contributed by atoms with Crippen LogP contribution < -0.4 is 5.32 Å². The zero-order valence-corrected chi connectivity index (χ0v) is 17.5. The number of halogens is 6. The Bertz CT molecular complexity index is 846. The van der Waals surface area contributed by atoms with E-state index in [2.05, 4.69) is 5.32 Å². The third kappa shape index (κ3) is 5.99. The SMILES string of the molecule is O=C(NCC(=O)N1CCC2(CC1)CCN(C(=O)CC(C(F)(F)F)C(F)(F)F)C2)c1ccco1. The van der Waals surface area contributed by atoms with Gasteiger partial charge in [-0.3, -0.25) is 14.4 Å². The van der Waals surface area contributed by atoms with Gasteiger partial charge >= 0.3 is 12.4 Å². The van der Waals surface area contributed by atoms with Crippen molar-refractivity contribution in [3.05, 3.63) is 24.2 Å². The van der Waals surface area contributed by atoms with Crippen LogP contribution in [0.3, 0.4) is 0 Å². The van der Waals surface area contributed by atoms with Gasteiger partial charge in [-0.1, -0.05) is 0 Å². The highest BCUT2D eigenvalue weighted by Crippen LogP contribution is 2.44. The van der Waals surface area contributed by atoms with Crippen molar-refractivity contribution in [2.75, 3.05) is 32.7 Å². The summed E-state index contributed by atoms with van der Waals surface area (Å²) in [4.78, 5) is 39.0. The first-order chi connectivity index (χ1) is 15.3.